The molecular formula is C29H34N2. The van der Waals surface area contributed by atoms with Crippen LogP contribution in [0.2, 0.25) is 0 Å². The summed E-state index contributed by atoms with van der Waals surface area (Å²) in [6.07, 6.45) is 6.22. The molecule has 2 aromatic carbocycles. The van der Waals surface area contributed by atoms with Crippen LogP contribution in [0.3, 0.4) is 0 Å². The fourth-order valence-corrected chi connectivity index (χ4v) is 5.10. The summed E-state index contributed by atoms with van der Waals surface area (Å²) in [4.78, 5) is 10.5. The third-order valence-corrected chi connectivity index (χ3v) is 8.22. The van der Waals surface area contributed by atoms with E-state index in [9.17, 15) is 0 Å². The lowest BCUT2D eigenvalue weighted by Gasteiger charge is -2.44. The highest BCUT2D eigenvalue weighted by atomic mass is 14.8. The molecule has 0 bridgehead atoms. The van der Waals surface area contributed by atoms with Gasteiger partial charge < -0.3 is 0 Å². The lowest BCUT2D eigenvalue weighted by molar-refractivity contribution is 0.125. The minimum atomic E-state index is -0.0225. The fourth-order valence-electron chi connectivity index (χ4n) is 5.10. The van der Waals surface area contributed by atoms with Crippen LogP contribution in [0.1, 0.15) is 72.2 Å². The zero-order valence-corrected chi connectivity index (χ0v) is 20.2. The number of hydrogen-bond donors (Lipinski definition) is 0. The highest BCUT2D eigenvalue weighted by Crippen LogP contribution is 2.62. The van der Waals surface area contributed by atoms with Crippen LogP contribution in [0.25, 0.3) is 27.9 Å². The van der Waals surface area contributed by atoms with Crippen molar-refractivity contribution in [2.24, 2.45) is 5.41 Å². The smallest absolute Gasteiger partial charge is 0.0969 e. The average Bonchev–Trinajstić information content (AvgIpc) is 2.86. The molecule has 1 aromatic heterocycles. The van der Waals surface area contributed by atoms with Crippen molar-refractivity contribution in [3.05, 3.63) is 77.5 Å². The van der Waals surface area contributed by atoms with Gasteiger partial charge in [-0.25, -0.2) is 9.97 Å². The Hall–Kier alpha value is -2.74. The summed E-state index contributed by atoms with van der Waals surface area (Å²) in [6.45, 7) is 18.4. The molecule has 2 nitrogen and oxygen atoms in total. The van der Waals surface area contributed by atoms with E-state index >= 15 is 0 Å². The Morgan fingerprint density at radius 1 is 0.839 bits per heavy atom. The molecule has 0 radical (unpaired) electrons. The van der Waals surface area contributed by atoms with Gasteiger partial charge in [0, 0.05) is 5.56 Å². The zero-order chi connectivity index (χ0) is 22.6. The van der Waals surface area contributed by atoms with Gasteiger partial charge in [-0.15, -0.1) is 0 Å². The molecule has 0 amide bonds. The molecular weight excluding hydrogens is 376 g/mol. The molecule has 1 aliphatic rings. The van der Waals surface area contributed by atoms with E-state index in [2.05, 4.69) is 97.0 Å². The molecule has 160 valence electrons. The van der Waals surface area contributed by atoms with Gasteiger partial charge in [0.2, 0.25) is 0 Å². The van der Waals surface area contributed by atoms with E-state index in [4.69, 9.17) is 9.97 Å². The van der Waals surface area contributed by atoms with E-state index in [1.54, 1.807) is 0 Å². The molecule has 31 heavy (non-hydrogen) atoms. The number of benzene rings is 2. The van der Waals surface area contributed by atoms with Gasteiger partial charge in [-0.2, -0.15) is 0 Å². The highest BCUT2D eigenvalue weighted by molar-refractivity contribution is 5.88. The van der Waals surface area contributed by atoms with Crippen molar-refractivity contribution in [2.75, 3.05) is 0 Å². The minimum absolute atomic E-state index is 0.0225. The maximum absolute atomic E-state index is 5.35. The molecule has 0 spiro atoms. The van der Waals surface area contributed by atoms with Crippen molar-refractivity contribution in [3.63, 3.8) is 0 Å². The summed E-state index contributed by atoms with van der Waals surface area (Å²) in [5.74, 6) is 0. The Morgan fingerprint density at radius 3 is 2.16 bits per heavy atom. The summed E-state index contributed by atoms with van der Waals surface area (Å²) >= 11 is 0. The first-order valence-corrected chi connectivity index (χ1v) is 11.2. The molecule has 0 saturated heterocycles. The van der Waals surface area contributed by atoms with E-state index in [0.29, 0.717) is 0 Å². The number of nitrogens with zero attached hydrogens (tertiary/aromatic N) is 2. The Morgan fingerprint density at radius 2 is 1.52 bits per heavy atom. The molecule has 3 aromatic rings. The normalized spacial score (nSPS) is 19.2. The molecule has 1 heterocycles. The maximum atomic E-state index is 5.35. The fraction of sp³-hybridized carbons (Fsp3) is 0.379. The van der Waals surface area contributed by atoms with Gasteiger partial charge >= 0.3 is 0 Å². The third-order valence-electron chi connectivity index (χ3n) is 8.22. The van der Waals surface area contributed by atoms with Gasteiger partial charge in [0.05, 0.1) is 22.4 Å². The molecule has 0 saturated carbocycles. The van der Waals surface area contributed by atoms with Crippen LogP contribution in [0, 0.1) is 5.41 Å². The Bertz CT molecular complexity index is 1210. The molecule has 0 atom stereocenters. The van der Waals surface area contributed by atoms with Crippen LogP contribution in [-0.4, -0.2) is 9.97 Å². The molecule has 0 unspecified atom stereocenters. The quantitative estimate of drug-likeness (QED) is 0.410. The van der Waals surface area contributed by atoms with Crippen molar-refractivity contribution in [1.82, 2.24) is 9.97 Å². The second kappa shape index (κ2) is 7.15. The number of hydrogen-bond acceptors (Lipinski definition) is 2. The van der Waals surface area contributed by atoms with E-state index in [1.165, 1.54) is 11.1 Å². The van der Waals surface area contributed by atoms with Crippen molar-refractivity contribution >= 4 is 16.6 Å². The number of aromatic nitrogens is 2. The van der Waals surface area contributed by atoms with E-state index in [0.717, 1.165) is 33.6 Å². The minimum Gasteiger partial charge on any atom is -0.244 e. The molecule has 0 aliphatic heterocycles. The monoisotopic (exact) mass is 410 g/mol. The van der Waals surface area contributed by atoms with Gasteiger partial charge in [0.25, 0.3) is 0 Å². The first-order chi connectivity index (χ1) is 14.5. The number of allylic oxidation sites excluding steroid dienone is 4. The first-order valence-electron chi connectivity index (χ1n) is 11.2. The third kappa shape index (κ3) is 2.99. The summed E-state index contributed by atoms with van der Waals surface area (Å²) in [7, 11) is 0. The topological polar surface area (TPSA) is 25.8 Å². The van der Waals surface area contributed by atoms with Crippen LogP contribution in [0.4, 0.5) is 0 Å². The standard InChI is InChI=1S/C29H34N2/c1-9-10-14-19(2)24-25(20-15-12-11-13-16-20)31-26-22(30-24)18-17-21-23(26)28(5,6)29(7,8)27(21,3)4/h9-18H,1-8H3. The van der Waals surface area contributed by atoms with E-state index in [-0.39, 0.29) is 16.2 Å². The number of rotatable bonds is 3. The second-order valence-corrected chi connectivity index (χ2v) is 10.4. The summed E-state index contributed by atoms with van der Waals surface area (Å²) in [5, 5.41) is 0. The van der Waals surface area contributed by atoms with Crippen molar-refractivity contribution < 1.29 is 0 Å². The van der Waals surface area contributed by atoms with Crippen LogP contribution >= 0.6 is 0 Å². The Balaban J connectivity index is 2.11. The average molecular weight is 411 g/mol. The lowest BCUT2D eigenvalue weighted by Crippen LogP contribution is -2.42. The predicted molar refractivity (Wildman–Crippen MR) is 133 cm³/mol. The van der Waals surface area contributed by atoms with Crippen molar-refractivity contribution in [2.45, 2.75) is 66.2 Å². The number of fused-ring (bicyclic) bond motifs is 3. The van der Waals surface area contributed by atoms with Gasteiger partial charge in [-0.3, -0.25) is 0 Å². The van der Waals surface area contributed by atoms with Crippen LogP contribution in [0.5, 0.6) is 0 Å². The van der Waals surface area contributed by atoms with Gasteiger partial charge in [0.1, 0.15) is 0 Å². The largest absolute Gasteiger partial charge is 0.244 e. The predicted octanol–water partition coefficient (Wildman–Crippen LogP) is 7.87. The Kier molecular flexibility index (Phi) is 4.96. The van der Waals surface area contributed by atoms with Crippen LogP contribution < -0.4 is 0 Å². The molecule has 4 rings (SSSR count). The summed E-state index contributed by atoms with van der Waals surface area (Å²) < 4.78 is 0. The van der Waals surface area contributed by atoms with Crippen LogP contribution in [0.15, 0.2) is 60.7 Å². The molecule has 1 aliphatic carbocycles. The van der Waals surface area contributed by atoms with Crippen molar-refractivity contribution in [1.29, 1.82) is 0 Å². The maximum Gasteiger partial charge on any atom is 0.0969 e. The van der Waals surface area contributed by atoms with E-state index < -0.39 is 0 Å². The second-order valence-electron chi connectivity index (χ2n) is 10.4. The first kappa shape index (κ1) is 21.5. The molecule has 2 heteroatoms. The molecule has 0 fully saturated rings. The van der Waals surface area contributed by atoms with E-state index in [1.807, 2.05) is 19.1 Å². The lowest BCUT2D eigenvalue weighted by atomic mass is 9.59. The SMILES string of the molecule is CC=CC=C(C)c1nc2ccc3c(c2nc1-c1ccccc1)C(C)(C)C(C)(C)C3(C)C. The zero-order valence-electron chi connectivity index (χ0n) is 20.2. The summed E-state index contributed by atoms with van der Waals surface area (Å²) in [5.41, 5.74) is 9.02. The van der Waals surface area contributed by atoms with Gasteiger partial charge in [-0.1, -0.05) is 96.2 Å². The highest BCUT2D eigenvalue weighted by Gasteiger charge is 2.57. The van der Waals surface area contributed by atoms with Gasteiger partial charge in [-0.05, 0) is 52.9 Å². The molecule has 0 N–H and O–H groups in total. The van der Waals surface area contributed by atoms with Crippen LogP contribution in [-0.2, 0) is 10.8 Å². The van der Waals surface area contributed by atoms with Gasteiger partial charge in [0.15, 0.2) is 0 Å². The Labute approximate surface area is 187 Å². The van der Waals surface area contributed by atoms with Crippen molar-refractivity contribution in [3.8, 4) is 11.3 Å². The summed E-state index contributed by atoms with van der Waals surface area (Å²) in [6, 6.07) is 14.9.